The lowest BCUT2D eigenvalue weighted by molar-refractivity contribution is 0.0694. The molecule has 0 radical (unpaired) electrons. The van der Waals surface area contributed by atoms with Gasteiger partial charge < -0.3 is 14.8 Å². The lowest BCUT2D eigenvalue weighted by atomic mass is 9.78. The molecule has 0 bridgehead atoms. The highest BCUT2D eigenvalue weighted by Crippen LogP contribution is 2.29. The van der Waals surface area contributed by atoms with Gasteiger partial charge in [0.05, 0.1) is 0 Å². The van der Waals surface area contributed by atoms with Crippen LogP contribution in [-0.2, 0) is 6.42 Å². The minimum atomic E-state index is -1.06. The number of amides is 1. The maximum Gasteiger partial charge on any atom is 0.339 e. The second-order valence-corrected chi connectivity index (χ2v) is 5.95. The molecule has 1 amide bonds. The van der Waals surface area contributed by atoms with Crippen molar-refractivity contribution >= 4 is 11.9 Å². The van der Waals surface area contributed by atoms with Gasteiger partial charge in [0.15, 0.2) is 5.76 Å². The predicted octanol–water partition coefficient (Wildman–Crippen LogP) is 3.09. The fraction of sp³-hybridized carbons (Fsp3) is 0.625. The molecule has 0 aliphatic heterocycles. The molecule has 1 saturated carbocycles. The van der Waals surface area contributed by atoms with E-state index in [4.69, 9.17) is 9.52 Å². The van der Waals surface area contributed by atoms with Crippen molar-refractivity contribution in [2.75, 3.05) is 0 Å². The summed E-state index contributed by atoms with van der Waals surface area (Å²) in [4.78, 5) is 23.4. The number of carbonyl (C=O) groups excluding carboxylic acids is 1. The van der Waals surface area contributed by atoms with Gasteiger partial charge in [-0.05, 0) is 18.3 Å². The summed E-state index contributed by atoms with van der Waals surface area (Å²) in [6.45, 7) is 6.16. The van der Waals surface area contributed by atoms with Gasteiger partial charge >= 0.3 is 5.97 Å². The van der Waals surface area contributed by atoms with Crippen molar-refractivity contribution in [3.05, 3.63) is 23.2 Å². The van der Waals surface area contributed by atoms with Gasteiger partial charge in [-0.25, -0.2) is 4.79 Å². The number of carbonyl (C=O) groups is 2. The quantitative estimate of drug-likeness (QED) is 0.894. The van der Waals surface area contributed by atoms with Crippen LogP contribution in [0.25, 0.3) is 0 Å². The first-order valence-corrected chi connectivity index (χ1v) is 7.60. The molecule has 0 aromatic carbocycles. The molecular formula is C16H23NO4. The smallest absolute Gasteiger partial charge is 0.339 e. The van der Waals surface area contributed by atoms with Crippen LogP contribution in [0.1, 0.15) is 66.7 Å². The molecule has 1 aliphatic carbocycles. The van der Waals surface area contributed by atoms with E-state index in [1.165, 1.54) is 12.5 Å². The second-order valence-electron chi connectivity index (χ2n) is 5.95. The molecule has 2 rings (SSSR count). The van der Waals surface area contributed by atoms with Crippen LogP contribution in [0.5, 0.6) is 0 Å². The molecule has 116 valence electrons. The molecule has 21 heavy (non-hydrogen) atoms. The molecule has 3 atom stereocenters. The summed E-state index contributed by atoms with van der Waals surface area (Å²) in [5.41, 5.74) is 0.0766. The predicted molar refractivity (Wildman–Crippen MR) is 78.5 cm³/mol. The normalized spacial score (nSPS) is 25.6. The number of carboxylic acid groups (broad SMARTS) is 1. The third-order valence-corrected chi connectivity index (χ3v) is 4.61. The SMILES string of the molecule is CCc1oc(C(=O)NC2CCCC(C)C2C)cc1C(=O)O. The average Bonchev–Trinajstić information content (AvgIpc) is 2.88. The highest BCUT2D eigenvalue weighted by atomic mass is 16.4. The molecule has 5 heteroatoms. The number of furan rings is 1. The van der Waals surface area contributed by atoms with Crippen molar-refractivity contribution < 1.29 is 19.1 Å². The Balaban J connectivity index is 2.11. The van der Waals surface area contributed by atoms with Gasteiger partial charge in [0, 0.05) is 18.5 Å². The third-order valence-electron chi connectivity index (χ3n) is 4.61. The summed E-state index contributed by atoms with van der Waals surface area (Å²) in [6.07, 6.45) is 3.71. The van der Waals surface area contributed by atoms with E-state index >= 15 is 0 Å². The summed E-state index contributed by atoms with van der Waals surface area (Å²) in [7, 11) is 0. The Morgan fingerprint density at radius 3 is 2.67 bits per heavy atom. The fourth-order valence-corrected chi connectivity index (χ4v) is 3.01. The Morgan fingerprint density at radius 1 is 1.38 bits per heavy atom. The third kappa shape index (κ3) is 3.28. The summed E-state index contributed by atoms with van der Waals surface area (Å²) in [5, 5.41) is 12.1. The van der Waals surface area contributed by atoms with Crippen LogP contribution in [0.15, 0.2) is 10.5 Å². The van der Waals surface area contributed by atoms with Gasteiger partial charge in [0.1, 0.15) is 11.3 Å². The highest BCUT2D eigenvalue weighted by Gasteiger charge is 2.29. The van der Waals surface area contributed by atoms with Crippen molar-refractivity contribution in [1.82, 2.24) is 5.32 Å². The molecular weight excluding hydrogens is 270 g/mol. The van der Waals surface area contributed by atoms with Gasteiger partial charge in [-0.15, -0.1) is 0 Å². The monoisotopic (exact) mass is 293 g/mol. The molecule has 0 spiro atoms. The molecule has 1 fully saturated rings. The number of nitrogens with one attached hydrogen (secondary N) is 1. The molecule has 1 aromatic heterocycles. The van der Waals surface area contributed by atoms with E-state index in [9.17, 15) is 9.59 Å². The maximum atomic E-state index is 12.3. The van der Waals surface area contributed by atoms with Crippen LogP contribution in [-0.4, -0.2) is 23.0 Å². The highest BCUT2D eigenvalue weighted by molar-refractivity contribution is 5.96. The van der Waals surface area contributed by atoms with Gasteiger partial charge in [0.2, 0.25) is 0 Å². The lowest BCUT2D eigenvalue weighted by Gasteiger charge is -2.34. The van der Waals surface area contributed by atoms with E-state index in [1.54, 1.807) is 6.92 Å². The molecule has 0 saturated heterocycles. The van der Waals surface area contributed by atoms with Crippen LogP contribution >= 0.6 is 0 Å². The molecule has 3 unspecified atom stereocenters. The number of aromatic carboxylic acids is 1. The van der Waals surface area contributed by atoms with Crippen molar-refractivity contribution in [1.29, 1.82) is 0 Å². The van der Waals surface area contributed by atoms with Crippen LogP contribution in [0.2, 0.25) is 0 Å². The topological polar surface area (TPSA) is 79.5 Å². The first kappa shape index (κ1) is 15.6. The maximum absolute atomic E-state index is 12.3. The van der Waals surface area contributed by atoms with Gasteiger partial charge in [-0.1, -0.05) is 33.6 Å². The zero-order chi connectivity index (χ0) is 15.6. The van der Waals surface area contributed by atoms with E-state index < -0.39 is 5.97 Å². The molecule has 5 nitrogen and oxygen atoms in total. The number of hydrogen-bond donors (Lipinski definition) is 2. The van der Waals surface area contributed by atoms with Gasteiger partial charge in [-0.3, -0.25) is 4.79 Å². The van der Waals surface area contributed by atoms with Crippen molar-refractivity contribution in [3.8, 4) is 0 Å². The zero-order valence-electron chi connectivity index (χ0n) is 12.8. The summed E-state index contributed by atoms with van der Waals surface area (Å²) in [5.74, 6) is 0.0635. The Labute approximate surface area is 124 Å². The lowest BCUT2D eigenvalue weighted by Crippen LogP contribution is -2.43. The standard InChI is InChI=1S/C16H23NO4/c1-4-13-11(16(19)20)8-14(21-13)15(18)17-12-7-5-6-9(2)10(12)3/h8-10,12H,4-7H2,1-3H3,(H,17,18)(H,19,20). The number of rotatable bonds is 4. The average molecular weight is 293 g/mol. The Bertz CT molecular complexity index is 534. The van der Waals surface area contributed by atoms with Crippen LogP contribution in [0.4, 0.5) is 0 Å². The first-order valence-electron chi connectivity index (χ1n) is 7.60. The Kier molecular flexibility index (Phi) is 4.70. The minimum Gasteiger partial charge on any atom is -0.478 e. The zero-order valence-corrected chi connectivity index (χ0v) is 12.8. The molecule has 2 N–H and O–H groups in total. The molecule has 1 heterocycles. The van der Waals surface area contributed by atoms with E-state index in [1.807, 2.05) is 0 Å². The van der Waals surface area contributed by atoms with Gasteiger partial charge in [0.25, 0.3) is 5.91 Å². The van der Waals surface area contributed by atoms with Crippen LogP contribution in [0.3, 0.4) is 0 Å². The van der Waals surface area contributed by atoms with Crippen molar-refractivity contribution in [2.24, 2.45) is 11.8 Å². The molecule has 1 aliphatic rings. The summed E-state index contributed by atoms with van der Waals surface area (Å²) in [6, 6.07) is 1.46. The first-order chi connectivity index (χ1) is 9.93. The minimum absolute atomic E-state index is 0.0766. The number of aryl methyl sites for hydroxylation is 1. The van der Waals surface area contributed by atoms with E-state index in [0.717, 1.165) is 12.8 Å². The van der Waals surface area contributed by atoms with Crippen LogP contribution < -0.4 is 5.32 Å². The summed E-state index contributed by atoms with van der Waals surface area (Å²) >= 11 is 0. The Hall–Kier alpha value is -1.78. The van der Waals surface area contributed by atoms with Crippen molar-refractivity contribution in [3.63, 3.8) is 0 Å². The largest absolute Gasteiger partial charge is 0.478 e. The van der Waals surface area contributed by atoms with Crippen LogP contribution in [0, 0.1) is 11.8 Å². The fourth-order valence-electron chi connectivity index (χ4n) is 3.01. The molecule has 1 aromatic rings. The number of hydrogen-bond acceptors (Lipinski definition) is 3. The summed E-state index contributed by atoms with van der Waals surface area (Å²) < 4.78 is 5.40. The van der Waals surface area contributed by atoms with Crippen molar-refractivity contribution in [2.45, 2.75) is 52.5 Å². The van der Waals surface area contributed by atoms with E-state index in [2.05, 4.69) is 19.2 Å². The second kappa shape index (κ2) is 6.33. The van der Waals surface area contributed by atoms with E-state index in [0.29, 0.717) is 24.0 Å². The van der Waals surface area contributed by atoms with Gasteiger partial charge in [-0.2, -0.15) is 0 Å². The number of carboxylic acids is 1. The van der Waals surface area contributed by atoms with E-state index in [-0.39, 0.29) is 23.3 Å². The Morgan fingerprint density at radius 2 is 2.10 bits per heavy atom.